The zero-order valence-electron chi connectivity index (χ0n) is 39.5. The van der Waals surface area contributed by atoms with Crippen molar-refractivity contribution in [2.24, 2.45) is 0 Å². The zero-order chi connectivity index (χ0) is 53.4. The van der Waals surface area contributed by atoms with Crippen LogP contribution in [0.15, 0.2) is 154 Å². The average Bonchev–Trinajstić information content (AvgIpc) is 3.98. The minimum Gasteiger partial charge on any atom is -0.490 e. The largest absolute Gasteiger partial charge is 0.490 e. The second-order valence-electron chi connectivity index (χ2n) is 17.6. The summed E-state index contributed by atoms with van der Waals surface area (Å²) in [5, 5.41) is 8.42. The van der Waals surface area contributed by atoms with Crippen LogP contribution >= 0.6 is 0 Å². The molecule has 3 N–H and O–H groups in total. The fourth-order valence-corrected chi connectivity index (χ4v) is 11.5. The molecular weight excluding hydrogens is 1050 g/mol. The SMILES string of the molecule is C#Cc1cc2nc(c1)c1cc(-c3cn(CCOCCOc4cc(S(=O)(=O)O)c5ccc6c(S(=O)(=O)O)cc(S(=O)(=O)O)c7ccc4c5c76)nn3)cc(n1)c1cccc(n1)c1cccc(n1)c1cccc(n1)c1cccc2n1. The predicted octanol–water partition coefficient (Wildman–Crippen LogP) is 8.64. The summed E-state index contributed by atoms with van der Waals surface area (Å²) in [4.78, 5) is 27.6. The van der Waals surface area contributed by atoms with E-state index >= 15 is 0 Å². The first kappa shape index (κ1) is 48.9. The van der Waals surface area contributed by atoms with Crippen molar-refractivity contribution in [2.75, 3.05) is 19.8 Å². The van der Waals surface area contributed by atoms with Crippen LogP contribution in [0.2, 0.25) is 0 Å². The third-order valence-electron chi connectivity index (χ3n) is 12.8. The van der Waals surface area contributed by atoms with Gasteiger partial charge in [0.1, 0.15) is 32.7 Å². The second kappa shape index (κ2) is 18.7. The summed E-state index contributed by atoms with van der Waals surface area (Å²) in [6.45, 7) is 0.138. The van der Waals surface area contributed by atoms with Crippen molar-refractivity contribution < 1.29 is 48.4 Å². The molecule has 0 amide bonds. The Balaban J connectivity index is 0.869. The molecule has 380 valence electrons. The molecular formula is C54H35N9O11S3. The molecule has 20 nitrogen and oxygen atoms in total. The minimum absolute atomic E-state index is 0.0188. The van der Waals surface area contributed by atoms with Gasteiger partial charge in [0, 0.05) is 49.5 Å². The summed E-state index contributed by atoms with van der Waals surface area (Å²) in [6.07, 6.45) is 7.76. The topological polar surface area (TPSA) is 290 Å². The highest BCUT2D eigenvalue weighted by atomic mass is 32.2. The molecule has 0 fully saturated rings. The van der Waals surface area contributed by atoms with Crippen molar-refractivity contribution in [1.82, 2.24) is 44.9 Å². The van der Waals surface area contributed by atoms with Gasteiger partial charge in [0.15, 0.2) is 0 Å². The summed E-state index contributed by atoms with van der Waals surface area (Å²) in [7, 11) is -15.1. The number of aromatic nitrogens is 9. The summed E-state index contributed by atoms with van der Waals surface area (Å²) < 4.78 is 119. The lowest BCUT2D eigenvalue weighted by molar-refractivity contribution is 0.0927. The molecule has 12 rings (SSSR count). The Morgan fingerprint density at radius 2 is 0.857 bits per heavy atom. The lowest BCUT2D eigenvalue weighted by Gasteiger charge is -2.19. The Hall–Kier alpha value is -8.99. The Morgan fingerprint density at radius 3 is 1.32 bits per heavy atom. The van der Waals surface area contributed by atoms with E-state index in [0.29, 0.717) is 89.1 Å². The van der Waals surface area contributed by atoms with Crippen molar-refractivity contribution >= 4 is 129 Å². The lowest BCUT2D eigenvalue weighted by Crippen LogP contribution is -2.12. The van der Waals surface area contributed by atoms with Crippen LogP contribution in [0.4, 0.5) is 0 Å². The third-order valence-corrected chi connectivity index (χ3v) is 15.4. The zero-order valence-corrected chi connectivity index (χ0v) is 42.0. The standard InChI is InChI=1S/C54H35N9O11S3/c1-2-30-23-44-42-13-5-11-40(57-42)38-9-3-7-36(55-38)37-8-4-10-39(56-37)41-12-6-14-43(58-41)46-25-31(26-47(60-46)45(24-30)59-44)48-29-63(62-61-48)19-20-73-21-22-74-49-27-50(75(64,65)66)33-17-18-35-52(77(70,71)72)28-51(76(67,68)69)34-16-15-32(49)53(33)54(34)35/h1,3-18,23-29H,19-22H2,(H,64,65,66)(H,67,68,69)(H,70,71,72). The number of benzene rings is 4. The average molecular weight is 1080 g/mol. The molecule has 23 heteroatoms. The van der Waals surface area contributed by atoms with E-state index in [9.17, 15) is 38.9 Å². The Bertz CT molecular complexity index is 4970. The molecule has 77 heavy (non-hydrogen) atoms. The minimum atomic E-state index is -5.09. The highest BCUT2D eigenvalue weighted by molar-refractivity contribution is 7.87. The molecule has 12 aromatic rings. The van der Waals surface area contributed by atoms with Crippen molar-refractivity contribution in [1.29, 1.82) is 0 Å². The van der Waals surface area contributed by atoms with Gasteiger partial charge in [-0.05, 0) is 84.9 Å². The summed E-state index contributed by atoms with van der Waals surface area (Å²) in [6, 6.07) is 36.5. The number of rotatable bonds is 11. The van der Waals surface area contributed by atoms with Crippen molar-refractivity contribution in [3.8, 4) is 29.4 Å². The van der Waals surface area contributed by atoms with Crippen LogP contribution in [0.5, 0.6) is 5.75 Å². The first-order valence-electron chi connectivity index (χ1n) is 23.2. The van der Waals surface area contributed by atoms with E-state index in [-0.39, 0.29) is 64.4 Å². The molecule has 0 saturated heterocycles. The van der Waals surface area contributed by atoms with E-state index in [1.54, 1.807) is 23.0 Å². The lowest BCUT2D eigenvalue weighted by atomic mass is 9.93. The van der Waals surface area contributed by atoms with Crippen molar-refractivity contribution in [3.05, 3.63) is 145 Å². The number of fused-ring (bicyclic) bond motifs is 18. The van der Waals surface area contributed by atoms with Crippen molar-refractivity contribution in [3.63, 3.8) is 0 Å². The summed E-state index contributed by atoms with van der Waals surface area (Å²) >= 11 is 0. The molecule has 4 aromatic carbocycles. The van der Waals surface area contributed by atoms with Crippen LogP contribution in [0.1, 0.15) is 5.56 Å². The van der Waals surface area contributed by atoms with E-state index in [0.717, 1.165) is 12.1 Å². The van der Waals surface area contributed by atoms with Gasteiger partial charge in [-0.1, -0.05) is 53.6 Å². The van der Waals surface area contributed by atoms with Gasteiger partial charge in [-0.2, -0.15) is 25.3 Å². The van der Waals surface area contributed by atoms with Crippen LogP contribution in [0.25, 0.3) is 110 Å². The molecule has 0 aliphatic heterocycles. The maximum atomic E-state index is 12.8. The molecule has 8 heterocycles. The van der Waals surface area contributed by atoms with Crippen LogP contribution < -0.4 is 4.74 Å². The molecule has 0 spiro atoms. The summed E-state index contributed by atoms with van der Waals surface area (Å²) in [5.41, 5.74) is 8.50. The van der Waals surface area contributed by atoms with E-state index in [1.807, 2.05) is 84.9 Å². The highest BCUT2D eigenvalue weighted by Crippen LogP contribution is 2.45. The number of nitrogens with zero attached hydrogens (tertiary/aromatic N) is 9. The van der Waals surface area contributed by atoms with Gasteiger partial charge in [0.05, 0.1) is 92.2 Å². The maximum absolute atomic E-state index is 12.8. The highest BCUT2D eigenvalue weighted by Gasteiger charge is 2.28. The number of pyridine rings is 6. The monoisotopic (exact) mass is 1080 g/mol. The van der Waals surface area contributed by atoms with Crippen LogP contribution in [0, 0.1) is 12.3 Å². The fraction of sp³-hybridized carbons (Fsp3) is 0.0741. The van der Waals surface area contributed by atoms with Gasteiger partial charge < -0.3 is 9.47 Å². The Morgan fingerprint density at radius 1 is 0.468 bits per heavy atom. The van der Waals surface area contributed by atoms with E-state index in [2.05, 4.69) is 16.2 Å². The van der Waals surface area contributed by atoms with Gasteiger partial charge in [0.2, 0.25) is 0 Å². The van der Waals surface area contributed by atoms with Gasteiger partial charge in [-0.25, -0.2) is 34.6 Å². The predicted molar refractivity (Wildman–Crippen MR) is 288 cm³/mol. The Labute approximate surface area is 435 Å². The third kappa shape index (κ3) is 9.25. The normalized spacial score (nSPS) is 12.4. The first-order valence-corrected chi connectivity index (χ1v) is 27.5. The van der Waals surface area contributed by atoms with Crippen LogP contribution in [-0.4, -0.2) is 104 Å². The number of hydrogen-bond donors (Lipinski definition) is 3. The molecule has 0 saturated carbocycles. The number of hydrogen-bond acceptors (Lipinski definition) is 16. The van der Waals surface area contributed by atoms with Gasteiger partial charge in [-0.15, -0.1) is 11.5 Å². The molecule has 0 aliphatic carbocycles. The molecule has 0 radical (unpaired) electrons. The maximum Gasteiger partial charge on any atom is 0.295 e. The summed E-state index contributed by atoms with van der Waals surface area (Å²) in [5.74, 6) is 2.66. The quantitative estimate of drug-likeness (QED) is 0.0472. The number of ether oxygens (including phenoxy) is 2. The molecule has 0 unspecified atom stereocenters. The number of terminal acetylenes is 1. The van der Waals surface area contributed by atoms with E-state index in [4.69, 9.17) is 45.8 Å². The van der Waals surface area contributed by atoms with E-state index in [1.165, 1.54) is 18.2 Å². The van der Waals surface area contributed by atoms with Gasteiger partial charge in [-0.3, -0.25) is 13.7 Å². The fourth-order valence-electron chi connectivity index (χ4n) is 9.33. The van der Waals surface area contributed by atoms with Crippen LogP contribution in [-0.2, 0) is 41.6 Å². The molecule has 8 aromatic heterocycles. The van der Waals surface area contributed by atoms with Gasteiger partial charge in [0.25, 0.3) is 30.4 Å². The van der Waals surface area contributed by atoms with Crippen molar-refractivity contribution in [2.45, 2.75) is 21.2 Å². The Kier molecular flexibility index (Phi) is 11.9. The molecule has 0 atom stereocenters. The van der Waals surface area contributed by atoms with Crippen LogP contribution in [0.3, 0.4) is 0 Å². The molecule has 0 aliphatic rings. The first-order chi connectivity index (χ1) is 37.0. The molecule has 12 bridgehead atoms. The second-order valence-corrected chi connectivity index (χ2v) is 21.8. The van der Waals surface area contributed by atoms with E-state index < -0.39 is 45.0 Å². The smallest absolute Gasteiger partial charge is 0.295 e. The van der Waals surface area contributed by atoms with Gasteiger partial charge >= 0.3 is 0 Å².